The number of likely N-dealkylation sites (N-methyl/N-ethyl adjacent to an activating group) is 1. The minimum atomic E-state index is -1.35. The Hall–Kier alpha value is -7.10. The average molecular weight is 1070 g/mol. The third-order valence-electron chi connectivity index (χ3n) is 11.6. The molecule has 2 aromatic rings. The third-order valence-corrected chi connectivity index (χ3v) is 11.6. The molecule has 0 aliphatic heterocycles. The topological polar surface area (TPSA) is 441 Å². The molecule has 0 saturated heterocycles. The molecule has 2 aromatic carbocycles. The minimum absolute atomic E-state index is 0.0246. The number of carbonyl (C=O) groups is 10. The van der Waals surface area contributed by atoms with Gasteiger partial charge in [-0.1, -0.05) is 74.5 Å². The van der Waals surface area contributed by atoms with Crippen LogP contribution >= 0.6 is 0 Å². The second kappa shape index (κ2) is 35.2. The van der Waals surface area contributed by atoms with Crippen molar-refractivity contribution in [1.82, 2.24) is 53.2 Å². The maximum absolute atomic E-state index is 14.3. The Morgan fingerprint density at radius 2 is 0.882 bits per heavy atom. The van der Waals surface area contributed by atoms with Crippen molar-refractivity contribution < 1.29 is 53.1 Å². The number of carbonyl (C=O) groups excluding carboxylic acids is 10. The molecule has 422 valence electrons. The second-order valence-electron chi connectivity index (χ2n) is 18.5. The summed E-state index contributed by atoms with van der Waals surface area (Å²) in [6.45, 7) is 5.39. The van der Waals surface area contributed by atoms with Gasteiger partial charge in [0.05, 0.1) is 19.2 Å². The van der Waals surface area contributed by atoms with Crippen LogP contribution in [-0.4, -0.2) is 158 Å². The first kappa shape index (κ1) is 65.0. The van der Waals surface area contributed by atoms with E-state index in [4.69, 9.17) is 28.7 Å². The zero-order valence-corrected chi connectivity index (χ0v) is 43.9. The third kappa shape index (κ3) is 24.1. The number of aliphatic hydroxyl groups is 1. The Morgan fingerprint density at radius 3 is 1.36 bits per heavy atom. The van der Waals surface area contributed by atoms with Crippen molar-refractivity contribution in [2.45, 2.75) is 127 Å². The summed E-state index contributed by atoms with van der Waals surface area (Å²) in [4.78, 5) is 133. The highest BCUT2D eigenvalue weighted by molar-refractivity contribution is 5.98. The Kier molecular flexibility index (Phi) is 30.1. The van der Waals surface area contributed by atoms with Crippen molar-refractivity contribution in [1.29, 1.82) is 0 Å². The number of nitrogens with two attached hydrogens (primary N) is 5. The standard InChI is InChI=1S/C50H81N15O11/c1-5-56-50(76)43(30(4)66)65-47(73)37(19-23-54)61-46(72)36(18-22-53)62-48(74)38(24-29(2)3)63-49(75)39(25-31-12-8-6-9-13-31)64-45(71)35(17-21-52)60-42(69)28-58-44(70)34(16-20-51)59-41(68)27-57-40(67)26-33(55)32-14-10-7-11-15-32/h6-15,29-30,33-39,43,66H,5,16-28,51-55H2,1-4H3,(H,56,76)(H,57,67)(H,58,70)(H,59,68)(H,60,69)(H,61,72)(H,62,74)(H,63,75)(H,64,71)(H,65,73)/t30?,33?,34-,35-,36-,37-,38-,39+,43?/m0/s1. The maximum Gasteiger partial charge on any atom is 0.245 e. The largest absolute Gasteiger partial charge is 0.391 e. The Morgan fingerprint density at radius 1 is 0.474 bits per heavy atom. The summed E-state index contributed by atoms with van der Waals surface area (Å²) in [7, 11) is 0. The molecule has 0 aliphatic rings. The van der Waals surface area contributed by atoms with Crippen LogP contribution < -0.4 is 81.8 Å². The number of benzene rings is 2. The Bertz CT molecular complexity index is 2190. The van der Waals surface area contributed by atoms with Gasteiger partial charge < -0.3 is 86.9 Å². The molecule has 76 heavy (non-hydrogen) atoms. The van der Waals surface area contributed by atoms with Crippen LogP contribution in [0.3, 0.4) is 0 Å². The molecule has 26 heteroatoms. The predicted molar refractivity (Wildman–Crippen MR) is 282 cm³/mol. The first-order valence-corrected chi connectivity index (χ1v) is 25.4. The summed E-state index contributed by atoms with van der Waals surface area (Å²) in [5, 5.41) is 35.5. The lowest BCUT2D eigenvalue weighted by molar-refractivity contribution is -0.136. The van der Waals surface area contributed by atoms with Crippen molar-refractivity contribution >= 4 is 59.1 Å². The zero-order valence-electron chi connectivity index (χ0n) is 43.9. The van der Waals surface area contributed by atoms with E-state index in [1.165, 1.54) is 6.92 Å². The Labute approximate surface area is 443 Å². The molecule has 0 radical (unpaired) electrons. The molecule has 21 N–H and O–H groups in total. The first-order valence-electron chi connectivity index (χ1n) is 25.4. The van der Waals surface area contributed by atoms with Crippen LogP contribution in [0, 0.1) is 5.92 Å². The van der Waals surface area contributed by atoms with Crippen molar-refractivity contribution in [2.75, 3.05) is 45.8 Å². The lowest BCUT2D eigenvalue weighted by Crippen LogP contribution is -2.61. The van der Waals surface area contributed by atoms with Crippen LogP contribution in [0.1, 0.15) is 83.4 Å². The molecule has 0 aromatic heterocycles. The van der Waals surface area contributed by atoms with Gasteiger partial charge in [0.1, 0.15) is 42.3 Å². The summed E-state index contributed by atoms with van der Waals surface area (Å²) >= 11 is 0. The minimum Gasteiger partial charge on any atom is -0.391 e. The quantitative estimate of drug-likeness (QED) is 0.0307. The summed E-state index contributed by atoms with van der Waals surface area (Å²) in [6.07, 6.45) is -1.71. The van der Waals surface area contributed by atoms with E-state index in [0.29, 0.717) is 5.56 Å². The highest BCUT2D eigenvalue weighted by Gasteiger charge is 2.34. The molecule has 0 bridgehead atoms. The van der Waals surface area contributed by atoms with E-state index >= 15 is 0 Å². The highest BCUT2D eigenvalue weighted by atomic mass is 16.3. The van der Waals surface area contributed by atoms with Crippen LogP contribution in [0.5, 0.6) is 0 Å². The van der Waals surface area contributed by atoms with Crippen LogP contribution in [0.2, 0.25) is 0 Å². The van der Waals surface area contributed by atoms with Gasteiger partial charge in [-0.15, -0.1) is 0 Å². The fraction of sp³-hybridized carbons (Fsp3) is 0.560. The number of amides is 10. The van der Waals surface area contributed by atoms with Gasteiger partial charge in [0.2, 0.25) is 59.1 Å². The fourth-order valence-corrected chi connectivity index (χ4v) is 7.59. The van der Waals surface area contributed by atoms with Gasteiger partial charge in [-0.2, -0.15) is 0 Å². The van der Waals surface area contributed by atoms with Gasteiger partial charge >= 0.3 is 0 Å². The fourth-order valence-electron chi connectivity index (χ4n) is 7.59. The molecule has 10 amide bonds. The van der Waals surface area contributed by atoms with Crippen molar-refractivity contribution in [3.05, 3.63) is 71.8 Å². The molecule has 3 unspecified atom stereocenters. The van der Waals surface area contributed by atoms with Gasteiger partial charge in [0.25, 0.3) is 0 Å². The van der Waals surface area contributed by atoms with Crippen LogP contribution in [0.25, 0.3) is 0 Å². The van der Waals surface area contributed by atoms with Crippen molar-refractivity contribution in [2.24, 2.45) is 34.6 Å². The summed E-state index contributed by atoms with van der Waals surface area (Å²) in [5.74, 6) is -7.71. The van der Waals surface area contributed by atoms with E-state index in [1.807, 2.05) is 6.07 Å². The highest BCUT2D eigenvalue weighted by Crippen LogP contribution is 2.13. The van der Waals surface area contributed by atoms with E-state index < -0.39 is 127 Å². The molecule has 0 spiro atoms. The van der Waals surface area contributed by atoms with Gasteiger partial charge in [-0.25, -0.2) is 0 Å². The zero-order chi connectivity index (χ0) is 56.7. The molecule has 0 heterocycles. The average Bonchev–Trinajstić information content (AvgIpc) is 3.38. The molecule has 0 aliphatic carbocycles. The molecule has 0 fully saturated rings. The van der Waals surface area contributed by atoms with E-state index in [2.05, 4.69) is 53.2 Å². The summed E-state index contributed by atoms with van der Waals surface area (Å²) < 4.78 is 0. The molecule has 26 nitrogen and oxygen atoms in total. The van der Waals surface area contributed by atoms with Crippen LogP contribution in [-0.2, 0) is 54.4 Å². The molecule has 0 saturated carbocycles. The van der Waals surface area contributed by atoms with E-state index in [-0.39, 0.29) is 83.6 Å². The number of nitrogens with one attached hydrogen (secondary N) is 10. The van der Waals surface area contributed by atoms with Crippen LogP contribution in [0.4, 0.5) is 0 Å². The first-order chi connectivity index (χ1) is 36.2. The van der Waals surface area contributed by atoms with E-state index in [1.54, 1.807) is 75.4 Å². The summed E-state index contributed by atoms with van der Waals surface area (Å²) in [5.41, 5.74) is 30.6. The number of hydrogen-bond donors (Lipinski definition) is 16. The molecular weight excluding hydrogens is 987 g/mol. The number of rotatable bonds is 35. The maximum atomic E-state index is 14.3. The van der Waals surface area contributed by atoms with Crippen molar-refractivity contribution in [3.63, 3.8) is 0 Å². The number of hydrogen-bond acceptors (Lipinski definition) is 16. The van der Waals surface area contributed by atoms with E-state index in [0.717, 1.165) is 5.56 Å². The van der Waals surface area contributed by atoms with Gasteiger partial charge in [0, 0.05) is 25.4 Å². The number of aliphatic hydroxyl groups excluding tert-OH is 1. The normalized spacial score (nSPS) is 14.6. The van der Waals surface area contributed by atoms with Gasteiger partial charge in [-0.3, -0.25) is 47.9 Å². The lowest BCUT2D eigenvalue weighted by atomic mass is 10.00. The predicted octanol–water partition coefficient (Wildman–Crippen LogP) is -5.10. The van der Waals surface area contributed by atoms with Gasteiger partial charge in [-0.05, 0) is 89.2 Å². The second-order valence-corrected chi connectivity index (χ2v) is 18.5. The molecular formula is C50H81N15O11. The van der Waals surface area contributed by atoms with Gasteiger partial charge in [0.15, 0.2) is 0 Å². The van der Waals surface area contributed by atoms with Crippen LogP contribution in [0.15, 0.2) is 60.7 Å². The molecule has 9 atom stereocenters. The Balaban J connectivity index is 2.20. The monoisotopic (exact) mass is 1070 g/mol. The SMILES string of the molecule is CCNC(=O)C(NC(=O)[C@H](CCN)NC(=O)[C@H](CCN)NC(=O)[C@H](CC(C)C)NC(=O)[C@@H](Cc1ccccc1)NC(=O)[C@H](CCN)NC(=O)CNC(=O)[C@H](CCN)NC(=O)CNC(=O)CC(N)c1ccccc1)C(C)O. The smallest absolute Gasteiger partial charge is 0.245 e. The molecule has 2 rings (SSSR count). The van der Waals surface area contributed by atoms with E-state index in [9.17, 15) is 53.1 Å². The lowest BCUT2D eigenvalue weighted by Gasteiger charge is -2.28. The summed E-state index contributed by atoms with van der Waals surface area (Å²) in [6, 6.07) is 7.84. The van der Waals surface area contributed by atoms with Crippen molar-refractivity contribution in [3.8, 4) is 0 Å².